The van der Waals surface area contributed by atoms with E-state index in [9.17, 15) is 21.6 Å². The van der Waals surface area contributed by atoms with Gasteiger partial charge in [0.2, 0.25) is 15.9 Å². The van der Waals surface area contributed by atoms with Gasteiger partial charge in [0, 0.05) is 17.8 Å². The first-order valence-electron chi connectivity index (χ1n) is 8.13. The topological polar surface area (TPSA) is 109 Å². The molecule has 0 bridgehead atoms. The Hall–Kier alpha value is -1.16. The molecule has 1 aliphatic carbocycles. The van der Waals surface area contributed by atoms with Gasteiger partial charge in [0.15, 0.2) is 9.84 Å². The number of hydrogen-bond acceptors (Lipinski definition) is 5. The first-order chi connectivity index (χ1) is 11.9. The molecule has 0 heterocycles. The lowest BCUT2D eigenvalue weighted by atomic mass is 10.1. The van der Waals surface area contributed by atoms with Crippen LogP contribution in [0.25, 0.3) is 0 Å². The Morgan fingerprint density at radius 1 is 1.23 bits per heavy atom. The highest BCUT2D eigenvalue weighted by Crippen LogP contribution is 2.42. The number of sulfonamides is 1. The molecule has 0 spiro atoms. The smallest absolute Gasteiger partial charge is 0.241 e. The number of amides is 1. The molecule has 146 valence electrons. The fraction of sp³-hybridized carbons (Fsp3) is 0.562. The summed E-state index contributed by atoms with van der Waals surface area (Å²) in [6.07, 6.45) is 2.13. The molecule has 2 rings (SSSR count). The largest absolute Gasteiger partial charge is 0.353 e. The van der Waals surface area contributed by atoms with Crippen LogP contribution in [0.15, 0.2) is 29.2 Å². The number of carbonyl (C=O) groups is 1. The summed E-state index contributed by atoms with van der Waals surface area (Å²) in [4.78, 5) is 12.5. The van der Waals surface area contributed by atoms with E-state index in [1.165, 1.54) is 18.2 Å². The minimum Gasteiger partial charge on any atom is -0.353 e. The van der Waals surface area contributed by atoms with Crippen LogP contribution in [-0.4, -0.2) is 46.3 Å². The molecule has 0 aromatic heterocycles. The van der Waals surface area contributed by atoms with Crippen LogP contribution < -0.4 is 10.0 Å². The van der Waals surface area contributed by atoms with E-state index >= 15 is 0 Å². The van der Waals surface area contributed by atoms with Gasteiger partial charge in [-0.3, -0.25) is 4.79 Å². The number of nitrogens with one attached hydrogen (secondary N) is 2. The van der Waals surface area contributed by atoms with Crippen molar-refractivity contribution in [1.82, 2.24) is 10.0 Å². The zero-order valence-corrected chi connectivity index (χ0v) is 17.2. The molecule has 26 heavy (non-hydrogen) atoms. The molecule has 1 atom stereocenters. The highest BCUT2D eigenvalue weighted by atomic mass is 35.5. The van der Waals surface area contributed by atoms with E-state index in [0.29, 0.717) is 12.8 Å². The molecule has 7 nitrogen and oxygen atoms in total. The van der Waals surface area contributed by atoms with Gasteiger partial charge in [0.1, 0.15) is 6.04 Å². The maximum Gasteiger partial charge on any atom is 0.241 e. The van der Waals surface area contributed by atoms with Crippen molar-refractivity contribution in [3.05, 3.63) is 29.3 Å². The van der Waals surface area contributed by atoms with E-state index in [0.717, 1.165) is 6.26 Å². The summed E-state index contributed by atoms with van der Waals surface area (Å²) < 4.78 is 50.1. The van der Waals surface area contributed by atoms with Crippen molar-refractivity contribution in [3.8, 4) is 0 Å². The number of rotatable bonds is 8. The molecule has 0 unspecified atom stereocenters. The second-order valence-corrected chi connectivity index (χ2v) is 11.5. The van der Waals surface area contributed by atoms with Crippen molar-refractivity contribution in [1.29, 1.82) is 0 Å². The summed E-state index contributed by atoms with van der Waals surface area (Å²) >= 11 is 5.83. The predicted molar refractivity (Wildman–Crippen MR) is 100 cm³/mol. The normalized spacial score (nSPS) is 17.7. The van der Waals surface area contributed by atoms with Crippen molar-refractivity contribution in [2.75, 3.05) is 12.8 Å². The van der Waals surface area contributed by atoms with E-state index in [1.807, 2.05) is 0 Å². The molecule has 2 N–H and O–H groups in total. The van der Waals surface area contributed by atoms with Crippen LogP contribution in [0.3, 0.4) is 0 Å². The van der Waals surface area contributed by atoms with Crippen LogP contribution in [0.4, 0.5) is 0 Å². The number of carbonyl (C=O) groups excluding carboxylic acids is 1. The van der Waals surface area contributed by atoms with E-state index in [-0.39, 0.29) is 22.4 Å². The van der Waals surface area contributed by atoms with Gasteiger partial charge in [-0.15, -0.1) is 0 Å². The summed E-state index contributed by atoms with van der Waals surface area (Å²) in [5.74, 6) is -0.891. The number of hydrogen-bond donors (Lipinski definition) is 2. The summed E-state index contributed by atoms with van der Waals surface area (Å²) in [7, 11) is -7.24. The van der Waals surface area contributed by atoms with E-state index in [4.69, 9.17) is 11.6 Å². The highest BCUT2D eigenvalue weighted by molar-refractivity contribution is 7.92. The van der Waals surface area contributed by atoms with Gasteiger partial charge >= 0.3 is 0 Å². The second-order valence-electron chi connectivity index (χ2n) is 6.97. The van der Waals surface area contributed by atoms with Crippen LogP contribution >= 0.6 is 11.6 Å². The monoisotopic (exact) mass is 422 g/mol. The average Bonchev–Trinajstić information content (AvgIpc) is 3.31. The van der Waals surface area contributed by atoms with Crippen molar-refractivity contribution < 1.29 is 21.6 Å². The fourth-order valence-corrected chi connectivity index (χ4v) is 5.36. The van der Waals surface area contributed by atoms with Crippen molar-refractivity contribution in [3.63, 3.8) is 0 Å². The van der Waals surface area contributed by atoms with Gasteiger partial charge in [0.25, 0.3) is 0 Å². The number of benzene rings is 1. The van der Waals surface area contributed by atoms with Gasteiger partial charge in [-0.2, -0.15) is 4.72 Å². The molecule has 1 amide bonds. The van der Waals surface area contributed by atoms with E-state index < -0.39 is 36.6 Å². The maximum absolute atomic E-state index is 12.5. The maximum atomic E-state index is 12.5. The second kappa shape index (κ2) is 7.46. The van der Waals surface area contributed by atoms with Crippen LogP contribution in [0.5, 0.6) is 0 Å². The summed E-state index contributed by atoms with van der Waals surface area (Å²) in [5.41, 5.74) is 0. The summed E-state index contributed by atoms with van der Waals surface area (Å²) in [6.45, 7) is 3.38. The molecule has 0 aliphatic heterocycles. The predicted octanol–water partition coefficient (Wildman–Crippen LogP) is 1.34. The van der Waals surface area contributed by atoms with Gasteiger partial charge in [-0.1, -0.05) is 31.5 Å². The molecular weight excluding hydrogens is 400 g/mol. The molecular formula is C16H23ClN2O5S2. The lowest BCUT2D eigenvalue weighted by Crippen LogP contribution is -2.51. The Kier molecular flexibility index (Phi) is 6.06. The summed E-state index contributed by atoms with van der Waals surface area (Å²) in [5, 5.41) is 2.85. The lowest BCUT2D eigenvalue weighted by molar-refractivity contribution is -0.123. The lowest BCUT2D eigenvalue weighted by Gasteiger charge is -2.23. The van der Waals surface area contributed by atoms with E-state index in [2.05, 4.69) is 10.0 Å². The molecule has 0 radical (unpaired) electrons. The Bertz CT molecular complexity index is 893. The van der Waals surface area contributed by atoms with Crippen molar-refractivity contribution >= 4 is 37.4 Å². The highest BCUT2D eigenvalue weighted by Gasteiger charge is 2.52. The van der Waals surface area contributed by atoms with E-state index in [1.54, 1.807) is 19.9 Å². The summed E-state index contributed by atoms with van der Waals surface area (Å²) in [6, 6.07) is 4.70. The van der Waals surface area contributed by atoms with Crippen LogP contribution in [0.2, 0.25) is 5.02 Å². The molecule has 0 saturated heterocycles. The molecule has 1 fully saturated rings. The van der Waals surface area contributed by atoms with Gasteiger partial charge in [0.05, 0.1) is 9.64 Å². The molecule has 1 aliphatic rings. The minimum absolute atomic E-state index is 0.0211. The standard InChI is InChI=1S/C16H23ClN2O5S2/c1-11(2)14(15(20)18-10-16(7-8-16)25(3,21)22)19-26(23,24)13-6-4-5-12(17)9-13/h4-6,9,11,14,19H,7-8,10H2,1-3H3,(H,18,20)/t14-/m0/s1. The van der Waals surface area contributed by atoms with Crippen LogP contribution in [-0.2, 0) is 24.7 Å². The quantitative estimate of drug-likeness (QED) is 0.656. The number of halogens is 1. The molecule has 1 saturated carbocycles. The SMILES string of the molecule is CC(C)[C@H](NS(=O)(=O)c1cccc(Cl)c1)C(=O)NCC1(S(C)(=O)=O)CC1. The zero-order chi connectivity index (χ0) is 19.8. The van der Waals surface area contributed by atoms with Crippen LogP contribution in [0.1, 0.15) is 26.7 Å². The average molecular weight is 423 g/mol. The van der Waals surface area contributed by atoms with Gasteiger partial charge < -0.3 is 5.32 Å². The first kappa shape index (κ1) is 21.1. The van der Waals surface area contributed by atoms with Crippen molar-refractivity contribution in [2.45, 2.75) is 42.4 Å². The van der Waals surface area contributed by atoms with Gasteiger partial charge in [-0.05, 0) is 37.0 Å². The Morgan fingerprint density at radius 3 is 2.31 bits per heavy atom. The van der Waals surface area contributed by atoms with Crippen molar-refractivity contribution in [2.24, 2.45) is 5.92 Å². The fourth-order valence-electron chi connectivity index (χ4n) is 2.54. The Balaban J connectivity index is 2.12. The molecule has 10 heteroatoms. The third-order valence-corrected chi connectivity index (χ3v) is 8.32. The third kappa shape index (κ3) is 4.76. The number of sulfone groups is 1. The third-order valence-electron chi connectivity index (χ3n) is 4.52. The van der Waals surface area contributed by atoms with Crippen LogP contribution in [0, 0.1) is 5.92 Å². The first-order valence-corrected chi connectivity index (χ1v) is 11.9. The zero-order valence-electron chi connectivity index (χ0n) is 14.8. The molecule has 1 aromatic carbocycles. The Morgan fingerprint density at radius 2 is 1.85 bits per heavy atom. The Labute approximate surface area is 159 Å². The van der Waals surface area contributed by atoms with Gasteiger partial charge in [-0.25, -0.2) is 16.8 Å². The molecule has 1 aromatic rings. The minimum atomic E-state index is -3.95.